The Balaban J connectivity index is 2.97. The second kappa shape index (κ2) is 5.76. The predicted molar refractivity (Wildman–Crippen MR) is 72.4 cm³/mol. The van der Waals surface area contributed by atoms with Gasteiger partial charge in [0.1, 0.15) is 0 Å². The van der Waals surface area contributed by atoms with Gasteiger partial charge in [0.2, 0.25) is 0 Å². The number of amides is 3. The maximum atomic E-state index is 11.7. The molecule has 0 aromatic heterocycles. The molecule has 1 aromatic rings. The highest BCUT2D eigenvalue weighted by atomic mass is 127. The van der Waals surface area contributed by atoms with Crippen LogP contribution in [0.3, 0.4) is 0 Å². The van der Waals surface area contributed by atoms with Gasteiger partial charge in [-0.15, -0.1) is 0 Å². The average molecular weight is 363 g/mol. The zero-order chi connectivity index (χ0) is 13.9. The van der Waals surface area contributed by atoms with Gasteiger partial charge in [0.05, 0.1) is 8.49 Å². The summed E-state index contributed by atoms with van der Waals surface area (Å²) in [4.78, 5) is 34.3. The van der Waals surface area contributed by atoms with Crippen LogP contribution < -0.4 is 5.32 Å². The van der Waals surface area contributed by atoms with E-state index < -0.39 is 16.9 Å². The molecule has 96 valence electrons. The van der Waals surface area contributed by atoms with Crippen LogP contribution >= 0.6 is 22.6 Å². The highest BCUT2D eigenvalue weighted by molar-refractivity contribution is 14.1. The van der Waals surface area contributed by atoms with Gasteiger partial charge in [-0.3, -0.25) is 20.2 Å². The van der Waals surface area contributed by atoms with Crippen LogP contribution in [0, 0.1) is 13.7 Å². The molecular formula is C10H10IN3O4. The normalized spacial score (nSPS) is 9.72. The summed E-state index contributed by atoms with van der Waals surface area (Å²) in [7, 11) is 2.97. The predicted octanol–water partition coefficient (Wildman–Crippen LogP) is 1.61. The van der Waals surface area contributed by atoms with Gasteiger partial charge in [-0.2, -0.15) is 0 Å². The number of nitro benzene ring substituents is 1. The van der Waals surface area contributed by atoms with Crippen LogP contribution in [-0.2, 0) is 0 Å². The number of carbonyl (C=O) groups is 2. The van der Waals surface area contributed by atoms with Crippen LogP contribution in [0.25, 0.3) is 0 Å². The lowest BCUT2D eigenvalue weighted by Crippen LogP contribution is -2.38. The molecular weight excluding hydrogens is 353 g/mol. The number of nitro groups is 1. The minimum atomic E-state index is -0.673. The maximum absolute atomic E-state index is 11.7. The summed E-state index contributed by atoms with van der Waals surface area (Å²) in [5.74, 6) is -0.673. The third-order valence-corrected chi connectivity index (χ3v) is 2.94. The molecule has 0 radical (unpaired) electrons. The molecule has 7 nitrogen and oxygen atoms in total. The molecule has 1 aromatic carbocycles. The summed E-state index contributed by atoms with van der Waals surface area (Å²) >= 11 is 1.80. The van der Waals surface area contributed by atoms with Crippen LogP contribution in [0.5, 0.6) is 0 Å². The van der Waals surface area contributed by atoms with Crippen LogP contribution in [0.1, 0.15) is 10.4 Å². The molecule has 0 unspecified atom stereocenters. The van der Waals surface area contributed by atoms with E-state index in [1.54, 1.807) is 22.6 Å². The molecule has 0 atom stereocenters. The molecule has 0 saturated carbocycles. The third-order valence-electron chi connectivity index (χ3n) is 2.03. The molecule has 0 spiro atoms. The number of carbonyl (C=O) groups excluding carboxylic acids is 2. The monoisotopic (exact) mass is 363 g/mol. The van der Waals surface area contributed by atoms with Crippen LogP contribution in [0.2, 0.25) is 0 Å². The number of benzene rings is 1. The van der Waals surface area contributed by atoms with Crippen molar-refractivity contribution in [3.8, 4) is 0 Å². The lowest BCUT2D eigenvalue weighted by Gasteiger charge is -2.10. The quantitative estimate of drug-likeness (QED) is 0.491. The van der Waals surface area contributed by atoms with E-state index in [2.05, 4.69) is 5.32 Å². The van der Waals surface area contributed by atoms with Crippen molar-refractivity contribution >= 4 is 40.2 Å². The van der Waals surface area contributed by atoms with Gasteiger partial charge in [0.15, 0.2) is 0 Å². The van der Waals surface area contributed by atoms with Crippen molar-refractivity contribution < 1.29 is 14.5 Å². The molecule has 1 rings (SSSR count). The molecule has 0 bridgehead atoms. The number of hydrogen-bond donors (Lipinski definition) is 1. The number of halogens is 1. The molecule has 0 aliphatic heterocycles. The van der Waals surface area contributed by atoms with Crippen molar-refractivity contribution in [2.45, 2.75) is 0 Å². The van der Waals surface area contributed by atoms with E-state index >= 15 is 0 Å². The molecule has 18 heavy (non-hydrogen) atoms. The first-order valence-corrected chi connectivity index (χ1v) is 5.87. The van der Waals surface area contributed by atoms with Crippen LogP contribution in [0.15, 0.2) is 18.2 Å². The minimum absolute atomic E-state index is 0.0670. The highest BCUT2D eigenvalue weighted by Crippen LogP contribution is 2.21. The first-order chi connectivity index (χ1) is 8.32. The molecule has 0 aliphatic rings. The van der Waals surface area contributed by atoms with Gasteiger partial charge in [0, 0.05) is 25.7 Å². The Labute approximate surface area is 116 Å². The largest absolute Gasteiger partial charge is 0.331 e. The van der Waals surface area contributed by atoms with Gasteiger partial charge in [0.25, 0.3) is 11.6 Å². The molecule has 3 amide bonds. The van der Waals surface area contributed by atoms with Gasteiger partial charge in [-0.25, -0.2) is 4.79 Å². The molecule has 0 fully saturated rings. The van der Waals surface area contributed by atoms with Crippen molar-refractivity contribution in [3.63, 3.8) is 0 Å². The van der Waals surface area contributed by atoms with Gasteiger partial charge < -0.3 is 4.90 Å². The summed E-state index contributed by atoms with van der Waals surface area (Å²) in [6.45, 7) is 0. The maximum Gasteiger partial charge on any atom is 0.323 e. The van der Waals surface area contributed by atoms with Crippen molar-refractivity contribution in [1.82, 2.24) is 10.2 Å². The Bertz CT molecular complexity index is 516. The molecule has 1 N–H and O–H groups in total. The first kappa shape index (κ1) is 14.4. The van der Waals surface area contributed by atoms with Gasteiger partial charge in [-0.05, 0) is 34.7 Å². The van der Waals surface area contributed by atoms with Crippen LogP contribution in [-0.4, -0.2) is 35.9 Å². The Hall–Kier alpha value is -1.71. The third kappa shape index (κ3) is 3.39. The first-order valence-electron chi connectivity index (χ1n) is 4.79. The van der Waals surface area contributed by atoms with E-state index in [4.69, 9.17) is 0 Å². The molecule has 8 heteroatoms. The van der Waals surface area contributed by atoms with Crippen molar-refractivity contribution in [1.29, 1.82) is 0 Å². The second-order valence-electron chi connectivity index (χ2n) is 3.58. The number of nitrogens with zero attached hydrogens (tertiary/aromatic N) is 2. The summed E-state index contributed by atoms with van der Waals surface area (Å²) in [5, 5.41) is 12.8. The fraction of sp³-hybridized carbons (Fsp3) is 0.200. The van der Waals surface area contributed by atoms with E-state index in [1.807, 2.05) is 0 Å². The average Bonchev–Trinajstić information content (AvgIpc) is 2.28. The smallest absolute Gasteiger partial charge is 0.323 e. The summed E-state index contributed by atoms with van der Waals surface area (Å²) in [6, 6.07) is 3.43. The zero-order valence-electron chi connectivity index (χ0n) is 9.64. The number of rotatable bonds is 2. The zero-order valence-corrected chi connectivity index (χ0v) is 11.8. The molecule has 0 saturated heterocycles. The Morgan fingerprint density at radius 2 is 2.00 bits per heavy atom. The molecule has 0 aliphatic carbocycles. The minimum Gasteiger partial charge on any atom is -0.331 e. The number of urea groups is 1. The van der Waals surface area contributed by atoms with E-state index in [0.29, 0.717) is 3.57 Å². The topological polar surface area (TPSA) is 92.6 Å². The van der Waals surface area contributed by atoms with Gasteiger partial charge >= 0.3 is 6.03 Å². The van der Waals surface area contributed by atoms with Crippen molar-refractivity contribution in [2.75, 3.05) is 14.1 Å². The highest BCUT2D eigenvalue weighted by Gasteiger charge is 2.17. The molecule has 0 heterocycles. The summed E-state index contributed by atoms with van der Waals surface area (Å²) < 4.78 is 0.424. The van der Waals surface area contributed by atoms with E-state index in [-0.39, 0.29) is 11.3 Å². The fourth-order valence-corrected chi connectivity index (χ4v) is 1.61. The Morgan fingerprint density at radius 1 is 1.39 bits per heavy atom. The lowest BCUT2D eigenvalue weighted by atomic mass is 10.2. The van der Waals surface area contributed by atoms with Crippen molar-refractivity contribution in [2.24, 2.45) is 0 Å². The standard InChI is InChI=1S/C10H10IN3O4/c1-13(2)10(16)12-9(15)6-3-4-7(11)8(5-6)14(17)18/h3-5H,1-2H3,(H,12,15,16). The number of imide groups is 1. The number of hydrogen-bond acceptors (Lipinski definition) is 4. The Morgan fingerprint density at radius 3 is 2.50 bits per heavy atom. The summed E-state index contributed by atoms with van der Waals surface area (Å²) in [6.07, 6.45) is 0. The van der Waals surface area contributed by atoms with E-state index in [9.17, 15) is 19.7 Å². The summed E-state index contributed by atoms with van der Waals surface area (Å²) in [5.41, 5.74) is -0.0992. The number of nitrogens with one attached hydrogen (secondary N) is 1. The Kier molecular flexibility index (Phi) is 4.59. The fourth-order valence-electron chi connectivity index (χ4n) is 1.07. The lowest BCUT2D eigenvalue weighted by molar-refractivity contribution is -0.385. The van der Waals surface area contributed by atoms with Gasteiger partial charge in [-0.1, -0.05) is 0 Å². The second-order valence-corrected chi connectivity index (χ2v) is 4.74. The SMILES string of the molecule is CN(C)C(=O)NC(=O)c1ccc(I)c([N+](=O)[O-])c1. The van der Waals surface area contributed by atoms with Crippen molar-refractivity contribution in [3.05, 3.63) is 37.4 Å². The van der Waals surface area contributed by atoms with E-state index in [0.717, 1.165) is 6.07 Å². The van der Waals surface area contributed by atoms with Crippen LogP contribution in [0.4, 0.5) is 10.5 Å². The van der Waals surface area contributed by atoms with E-state index in [1.165, 1.54) is 31.1 Å².